The molecular weight excluding hydrogens is 454 g/mol. The molecule has 1 aliphatic heterocycles. The Morgan fingerprint density at radius 3 is 2.58 bits per heavy atom. The first-order valence-corrected chi connectivity index (χ1v) is 12.5. The second-order valence-electron chi connectivity index (χ2n) is 9.08. The lowest BCUT2D eigenvalue weighted by atomic mass is 10.1. The summed E-state index contributed by atoms with van der Waals surface area (Å²) in [5.41, 5.74) is 2.48. The first-order chi connectivity index (χ1) is 17.4. The number of hydrogen-bond acceptors (Lipinski definition) is 4. The Bertz CT molecular complexity index is 1270. The molecule has 0 fully saturated rings. The molecule has 0 unspecified atom stereocenters. The van der Waals surface area contributed by atoms with Crippen molar-refractivity contribution in [1.82, 2.24) is 10.2 Å². The molecule has 1 atom stereocenters. The average Bonchev–Trinajstić information content (AvgIpc) is 3.18. The Labute approximate surface area is 212 Å². The number of nitrogens with one attached hydrogen (secondary N) is 1. The average molecular weight is 488 g/mol. The lowest BCUT2D eigenvalue weighted by Gasteiger charge is -2.29. The summed E-state index contributed by atoms with van der Waals surface area (Å²) in [5.74, 6) is 0.364. The van der Waals surface area contributed by atoms with Crippen LogP contribution in [0.5, 0.6) is 5.75 Å². The van der Waals surface area contributed by atoms with E-state index in [9.17, 15) is 14.4 Å². The van der Waals surface area contributed by atoms with Crippen molar-refractivity contribution in [3.8, 4) is 5.75 Å². The minimum absolute atomic E-state index is 0.0326. The molecule has 0 spiro atoms. The number of methoxy groups -OCH3 is 1. The number of amides is 3. The topological polar surface area (TPSA) is 79.0 Å². The summed E-state index contributed by atoms with van der Waals surface area (Å²) in [7, 11) is 1.60. The quantitative estimate of drug-likeness (QED) is 0.431. The van der Waals surface area contributed by atoms with Crippen LogP contribution < -0.4 is 15.0 Å². The largest absolute Gasteiger partial charge is 0.497 e. The molecule has 0 aromatic heterocycles. The van der Waals surface area contributed by atoms with Crippen molar-refractivity contribution in [2.45, 2.75) is 45.7 Å². The van der Waals surface area contributed by atoms with E-state index in [1.807, 2.05) is 67.6 Å². The lowest BCUT2D eigenvalue weighted by Crippen LogP contribution is -2.47. The van der Waals surface area contributed by atoms with Crippen molar-refractivity contribution >= 4 is 34.2 Å². The molecule has 188 valence electrons. The van der Waals surface area contributed by atoms with E-state index >= 15 is 0 Å². The molecule has 3 aromatic carbocycles. The Hall–Kier alpha value is -3.87. The van der Waals surface area contributed by atoms with Crippen LogP contribution in [0.2, 0.25) is 0 Å². The van der Waals surface area contributed by atoms with Gasteiger partial charge in [-0.1, -0.05) is 43.3 Å². The maximum Gasteiger partial charge on any atom is 0.258 e. The van der Waals surface area contributed by atoms with Crippen LogP contribution in [0.25, 0.3) is 10.8 Å². The van der Waals surface area contributed by atoms with E-state index in [2.05, 4.69) is 5.32 Å². The van der Waals surface area contributed by atoms with E-state index in [1.54, 1.807) is 23.8 Å². The number of rotatable bonds is 11. The number of carbonyl (C=O) groups is 3. The highest BCUT2D eigenvalue weighted by atomic mass is 16.5. The molecule has 0 aliphatic carbocycles. The SMILES string of the molecule is CCCNC(=O)[C@H](C)N(Cc1cccc(OC)c1)C(=O)CCCN1C(=O)c2cccc3cccc1c23. The van der Waals surface area contributed by atoms with Gasteiger partial charge in [-0.25, -0.2) is 0 Å². The predicted molar refractivity (Wildman–Crippen MR) is 141 cm³/mol. The number of hydrogen-bond donors (Lipinski definition) is 1. The number of ether oxygens (including phenoxy) is 1. The van der Waals surface area contributed by atoms with Gasteiger partial charge in [0.2, 0.25) is 11.8 Å². The fraction of sp³-hybridized carbons (Fsp3) is 0.345. The molecule has 1 heterocycles. The third kappa shape index (κ3) is 5.20. The highest BCUT2D eigenvalue weighted by Crippen LogP contribution is 2.37. The Kier molecular flexibility index (Phi) is 7.88. The second kappa shape index (κ2) is 11.2. The van der Waals surface area contributed by atoms with E-state index in [0.29, 0.717) is 37.4 Å². The Morgan fingerprint density at radius 2 is 1.83 bits per heavy atom. The zero-order valence-corrected chi connectivity index (χ0v) is 21.1. The van der Waals surface area contributed by atoms with Crippen LogP contribution in [-0.4, -0.2) is 48.9 Å². The fourth-order valence-corrected chi connectivity index (χ4v) is 4.68. The first kappa shape index (κ1) is 25.2. The predicted octanol–water partition coefficient (Wildman–Crippen LogP) is 4.53. The molecule has 7 heteroatoms. The highest BCUT2D eigenvalue weighted by molar-refractivity contribution is 6.25. The molecule has 7 nitrogen and oxygen atoms in total. The molecule has 0 bridgehead atoms. The summed E-state index contributed by atoms with van der Waals surface area (Å²) >= 11 is 0. The van der Waals surface area contributed by atoms with Crippen molar-refractivity contribution < 1.29 is 19.1 Å². The number of benzene rings is 3. The van der Waals surface area contributed by atoms with Gasteiger partial charge in [0.25, 0.3) is 5.91 Å². The van der Waals surface area contributed by atoms with Crippen molar-refractivity contribution in [3.05, 3.63) is 71.8 Å². The zero-order valence-electron chi connectivity index (χ0n) is 21.1. The van der Waals surface area contributed by atoms with Gasteiger partial charge in [0, 0.05) is 37.0 Å². The molecular formula is C29H33N3O4. The van der Waals surface area contributed by atoms with E-state index in [0.717, 1.165) is 28.4 Å². The summed E-state index contributed by atoms with van der Waals surface area (Å²) in [6, 6.07) is 18.5. The van der Waals surface area contributed by atoms with Gasteiger partial charge in [0.1, 0.15) is 11.8 Å². The van der Waals surface area contributed by atoms with Gasteiger partial charge in [0.05, 0.1) is 12.8 Å². The second-order valence-corrected chi connectivity index (χ2v) is 9.08. The van der Waals surface area contributed by atoms with Crippen LogP contribution >= 0.6 is 0 Å². The van der Waals surface area contributed by atoms with Crippen LogP contribution in [-0.2, 0) is 16.1 Å². The van der Waals surface area contributed by atoms with Gasteiger partial charge < -0.3 is 19.9 Å². The van der Waals surface area contributed by atoms with Crippen molar-refractivity contribution in [3.63, 3.8) is 0 Å². The molecule has 4 rings (SSSR count). The Morgan fingerprint density at radius 1 is 1.08 bits per heavy atom. The van der Waals surface area contributed by atoms with Gasteiger partial charge >= 0.3 is 0 Å². The van der Waals surface area contributed by atoms with Gasteiger partial charge in [0.15, 0.2) is 0 Å². The van der Waals surface area contributed by atoms with Gasteiger partial charge in [-0.05, 0) is 55.0 Å². The maximum absolute atomic E-state index is 13.4. The van der Waals surface area contributed by atoms with Crippen LogP contribution in [0.3, 0.4) is 0 Å². The molecule has 0 saturated heterocycles. The van der Waals surface area contributed by atoms with Gasteiger partial charge in [-0.2, -0.15) is 0 Å². The molecule has 3 aromatic rings. The minimum Gasteiger partial charge on any atom is -0.497 e. The maximum atomic E-state index is 13.4. The third-order valence-electron chi connectivity index (χ3n) is 6.63. The first-order valence-electron chi connectivity index (χ1n) is 12.5. The monoisotopic (exact) mass is 487 g/mol. The van der Waals surface area contributed by atoms with E-state index < -0.39 is 6.04 Å². The third-order valence-corrected chi connectivity index (χ3v) is 6.63. The molecule has 0 radical (unpaired) electrons. The molecule has 36 heavy (non-hydrogen) atoms. The normalized spacial score (nSPS) is 13.1. The number of anilines is 1. The molecule has 1 aliphatic rings. The summed E-state index contributed by atoms with van der Waals surface area (Å²) in [4.78, 5) is 42.6. The van der Waals surface area contributed by atoms with Crippen molar-refractivity contribution in [2.75, 3.05) is 25.1 Å². The zero-order chi connectivity index (χ0) is 25.7. The van der Waals surface area contributed by atoms with E-state index in [4.69, 9.17) is 4.74 Å². The lowest BCUT2D eigenvalue weighted by molar-refractivity contribution is -0.140. The minimum atomic E-state index is -0.623. The summed E-state index contributed by atoms with van der Waals surface area (Å²) in [5, 5.41) is 4.90. The molecule has 3 amide bonds. The summed E-state index contributed by atoms with van der Waals surface area (Å²) in [6.45, 7) is 5.03. The fourth-order valence-electron chi connectivity index (χ4n) is 4.68. The van der Waals surface area contributed by atoms with Gasteiger partial charge in [-0.15, -0.1) is 0 Å². The van der Waals surface area contributed by atoms with Crippen molar-refractivity contribution in [1.29, 1.82) is 0 Å². The Balaban J connectivity index is 1.46. The van der Waals surface area contributed by atoms with Crippen molar-refractivity contribution in [2.24, 2.45) is 0 Å². The molecule has 0 saturated carbocycles. The summed E-state index contributed by atoms with van der Waals surface area (Å²) < 4.78 is 5.32. The highest BCUT2D eigenvalue weighted by Gasteiger charge is 2.30. The van der Waals surface area contributed by atoms with E-state index in [1.165, 1.54) is 0 Å². The van der Waals surface area contributed by atoms with Crippen LogP contribution in [0.4, 0.5) is 5.69 Å². The van der Waals surface area contributed by atoms with Gasteiger partial charge in [-0.3, -0.25) is 14.4 Å². The van der Waals surface area contributed by atoms with E-state index in [-0.39, 0.29) is 24.1 Å². The standard InChI is InChI=1S/C29H33N3O4/c1-4-16-30-28(34)20(2)32(19-21-9-5-12-23(18-21)36-3)26(33)15-8-17-31-25-14-7-11-22-10-6-13-24(27(22)25)29(31)35/h5-7,9-14,18,20H,4,8,15-17,19H2,1-3H3,(H,30,34)/t20-/m0/s1. The number of carbonyl (C=O) groups excluding carboxylic acids is 3. The van der Waals surface area contributed by atoms with Crippen LogP contribution in [0.15, 0.2) is 60.7 Å². The number of nitrogens with zero attached hydrogens (tertiary/aromatic N) is 2. The smallest absolute Gasteiger partial charge is 0.258 e. The molecule has 1 N–H and O–H groups in total. The van der Waals surface area contributed by atoms with Crippen LogP contribution in [0, 0.1) is 0 Å². The van der Waals surface area contributed by atoms with Crippen LogP contribution in [0.1, 0.15) is 49.0 Å². The summed E-state index contributed by atoms with van der Waals surface area (Å²) in [6.07, 6.45) is 1.54.